The summed E-state index contributed by atoms with van der Waals surface area (Å²) >= 11 is 0. The highest BCUT2D eigenvalue weighted by Crippen LogP contribution is 2.16. The zero-order valence-corrected chi connectivity index (χ0v) is 52.3. The molecule has 6 nitrogen and oxygen atoms in total. The van der Waals surface area contributed by atoms with Gasteiger partial charge in [-0.25, -0.2) is 0 Å². The van der Waals surface area contributed by atoms with Crippen molar-refractivity contribution in [3.63, 3.8) is 0 Å². The Morgan fingerprint density at radius 1 is 0.263 bits per heavy atom. The van der Waals surface area contributed by atoms with E-state index in [9.17, 15) is 14.4 Å². The zero-order valence-electron chi connectivity index (χ0n) is 52.3. The molecule has 0 rings (SSSR count). The van der Waals surface area contributed by atoms with Crippen LogP contribution < -0.4 is 0 Å². The maximum absolute atomic E-state index is 12.9. The Morgan fingerprint density at radius 3 is 0.775 bits per heavy atom. The molecule has 1 unspecified atom stereocenters. The van der Waals surface area contributed by atoms with E-state index in [1.165, 1.54) is 135 Å². The molecule has 0 saturated carbocycles. The van der Waals surface area contributed by atoms with Crippen LogP contribution in [-0.2, 0) is 28.6 Å². The van der Waals surface area contributed by atoms with Gasteiger partial charge in [0.2, 0.25) is 0 Å². The lowest BCUT2D eigenvalue weighted by Crippen LogP contribution is -2.30. The van der Waals surface area contributed by atoms with E-state index in [0.717, 1.165) is 135 Å². The summed E-state index contributed by atoms with van der Waals surface area (Å²) in [7, 11) is 0. The summed E-state index contributed by atoms with van der Waals surface area (Å²) in [5.41, 5.74) is 0. The predicted octanol–water partition coefficient (Wildman–Crippen LogP) is 23.2. The molecule has 0 spiro atoms. The molecule has 0 fully saturated rings. The summed E-state index contributed by atoms with van der Waals surface area (Å²) in [6.07, 6.45) is 93.6. The molecule has 80 heavy (non-hydrogen) atoms. The topological polar surface area (TPSA) is 78.9 Å². The molecule has 0 heterocycles. The van der Waals surface area contributed by atoms with Crippen LogP contribution in [0.5, 0.6) is 0 Å². The average Bonchev–Trinajstić information content (AvgIpc) is 3.46. The third-order valence-corrected chi connectivity index (χ3v) is 14.2. The number of esters is 3. The lowest BCUT2D eigenvalue weighted by atomic mass is 10.1. The number of ether oxygens (including phenoxy) is 3. The van der Waals surface area contributed by atoms with Gasteiger partial charge in [0.15, 0.2) is 6.10 Å². The van der Waals surface area contributed by atoms with Gasteiger partial charge in [0.1, 0.15) is 13.2 Å². The Kier molecular flexibility index (Phi) is 63.8. The van der Waals surface area contributed by atoms with Crippen molar-refractivity contribution in [2.45, 2.75) is 316 Å². The van der Waals surface area contributed by atoms with Crippen molar-refractivity contribution >= 4 is 17.9 Å². The second kappa shape index (κ2) is 67.3. The molecule has 0 amide bonds. The lowest BCUT2D eigenvalue weighted by Gasteiger charge is -2.18. The van der Waals surface area contributed by atoms with E-state index >= 15 is 0 Å². The fourth-order valence-corrected chi connectivity index (χ4v) is 9.20. The average molecular weight is 1110 g/mol. The first kappa shape index (κ1) is 75.8. The summed E-state index contributed by atoms with van der Waals surface area (Å²) in [4.78, 5) is 38.2. The van der Waals surface area contributed by atoms with Crippen LogP contribution >= 0.6 is 0 Å². The molecule has 0 aromatic heterocycles. The SMILES string of the molecule is CC/C=C\C/C=C\C/C=C\C/C=C\C/C=C\C/C=C\C/C=C\C/C=C\C/C=C\CCCCCCCCCC(=O)OCC(COC(=O)CCCCCCCCCCCCC)OC(=O)CCCCCCC/C=C\CCCCCCCCC. The molecule has 0 radical (unpaired) electrons. The van der Waals surface area contributed by atoms with Crippen LogP contribution in [0.25, 0.3) is 0 Å². The van der Waals surface area contributed by atoms with Crippen LogP contribution in [-0.4, -0.2) is 37.2 Å². The van der Waals surface area contributed by atoms with E-state index < -0.39 is 6.10 Å². The maximum atomic E-state index is 12.9. The smallest absolute Gasteiger partial charge is 0.306 e. The molecule has 6 heteroatoms. The van der Waals surface area contributed by atoms with Crippen LogP contribution in [0.2, 0.25) is 0 Å². The van der Waals surface area contributed by atoms with Crippen LogP contribution in [0.1, 0.15) is 310 Å². The number of hydrogen-bond donors (Lipinski definition) is 0. The van der Waals surface area contributed by atoms with Gasteiger partial charge in [-0.1, -0.05) is 296 Å². The van der Waals surface area contributed by atoms with Crippen molar-refractivity contribution in [1.82, 2.24) is 0 Å². The molecule has 0 saturated heterocycles. The zero-order chi connectivity index (χ0) is 57.8. The highest BCUT2D eigenvalue weighted by Gasteiger charge is 2.19. The van der Waals surface area contributed by atoms with Crippen LogP contribution in [0.4, 0.5) is 0 Å². The van der Waals surface area contributed by atoms with Crippen LogP contribution in [0.3, 0.4) is 0 Å². The Labute approximate surface area is 494 Å². The molecule has 0 aromatic carbocycles. The number of carbonyl (C=O) groups excluding carboxylic acids is 3. The van der Waals surface area contributed by atoms with Gasteiger partial charge in [0.05, 0.1) is 0 Å². The van der Waals surface area contributed by atoms with E-state index in [-0.39, 0.29) is 31.1 Å². The number of rotatable bonds is 60. The maximum Gasteiger partial charge on any atom is 0.306 e. The highest BCUT2D eigenvalue weighted by molar-refractivity contribution is 5.71. The highest BCUT2D eigenvalue weighted by atomic mass is 16.6. The molecule has 0 bridgehead atoms. The predicted molar refractivity (Wildman–Crippen MR) is 348 cm³/mol. The molecule has 0 N–H and O–H groups in total. The fourth-order valence-electron chi connectivity index (χ4n) is 9.20. The molecule has 0 aliphatic rings. The summed E-state index contributed by atoms with van der Waals surface area (Å²) in [6, 6.07) is 0. The Bertz CT molecular complexity index is 1650. The molecule has 0 aliphatic heterocycles. The van der Waals surface area contributed by atoms with Gasteiger partial charge in [0.25, 0.3) is 0 Å². The molecule has 456 valence electrons. The van der Waals surface area contributed by atoms with E-state index in [1.54, 1.807) is 0 Å². The Hall–Kier alpha value is -4.19. The van der Waals surface area contributed by atoms with E-state index in [4.69, 9.17) is 14.2 Å². The van der Waals surface area contributed by atoms with Gasteiger partial charge in [-0.2, -0.15) is 0 Å². The number of hydrogen-bond acceptors (Lipinski definition) is 6. The van der Waals surface area contributed by atoms with Crippen molar-refractivity contribution in [3.8, 4) is 0 Å². The minimum absolute atomic E-state index is 0.0830. The number of carbonyl (C=O) groups is 3. The lowest BCUT2D eigenvalue weighted by molar-refractivity contribution is -0.167. The number of unbranched alkanes of at least 4 members (excludes halogenated alkanes) is 29. The van der Waals surface area contributed by atoms with Gasteiger partial charge >= 0.3 is 17.9 Å². The summed E-state index contributed by atoms with van der Waals surface area (Å²) in [5, 5.41) is 0. The normalized spacial score (nSPS) is 12.9. The molecule has 0 aliphatic carbocycles. The summed E-state index contributed by atoms with van der Waals surface area (Å²) < 4.78 is 16.9. The van der Waals surface area contributed by atoms with Crippen molar-refractivity contribution in [2.24, 2.45) is 0 Å². The van der Waals surface area contributed by atoms with E-state index in [0.29, 0.717) is 19.3 Å². The fraction of sp³-hybridized carbons (Fsp3) is 0.689. The molecule has 0 aromatic rings. The molecule has 1 atom stereocenters. The van der Waals surface area contributed by atoms with E-state index in [1.807, 2.05) is 0 Å². The van der Waals surface area contributed by atoms with Gasteiger partial charge in [-0.3, -0.25) is 14.4 Å². The monoisotopic (exact) mass is 1110 g/mol. The first-order valence-corrected chi connectivity index (χ1v) is 33.5. The largest absolute Gasteiger partial charge is 0.462 e. The van der Waals surface area contributed by atoms with Crippen molar-refractivity contribution in [2.75, 3.05) is 13.2 Å². The second-order valence-corrected chi connectivity index (χ2v) is 22.0. The standard InChI is InChI=1S/C74H124O6/c1-4-7-10-13-16-19-22-24-26-28-29-30-31-32-33-34-35-36-37-38-39-40-41-42-43-44-45-46-48-49-52-55-58-61-64-67-73(76)79-70-71(69-78-72(75)66-63-60-57-54-51-21-18-15-12-9-6-3)80-74(77)68-65-62-59-56-53-50-47-27-25-23-20-17-14-11-8-5-2/h7,10,16,19,24,26-27,29-30,32-33,35-36,38-39,41-42,44-45,47,71H,4-6,8-9,11-15,17-18,20-23,25,28,31,34,37,40,43,46,48-70H2,1-3H3/b10-7-,19-16-,26-24-,30-29-,33-32-,36-35-,39-38-,42-41-,45-44-,47-27-. The third kappa shape index (κ3) is 64.6. The minimum Gasteiger partial charge on any atom is -0.462 e. The van der Waals surface area contributed by atoms with Crippen LogP contribution in [0, 0.1) is 0 Å². The first-order valence-electron chi connectivity index (χ1n) is 33.5. The van der Waals surface area contributed by atoms with E-state index in [2.05, 4.69) is 142 Å². The van der Waals surface area contributed by atoms with Crippen LogP contribution in [0.15, 0.2) is 122 Å². The van der Waals surface area contributed by atoms with Gasteiger partial charge in [-0.05, 0) is 116 Å². The molecular formula is C74H124O6. The van der Waals surface area contributed by atoms with Crippen molar-refractivity contribution in [3.05, 3.63) is 122 Å². The minimum atomic E-state index is -0.787. The molecular weight excluding hydrogens is 985 g/mol. The Morgan fingerprint density at radius 2 is 0.487 bits per heavy atom. The summed E-state index contributed by atoms with van der Waals surface area (Å²) in [6.45, 7) is 6.52. The van der Waals surface area contributed by atoms with Gasteiger partial charge in [-0.15, -0.1) is 0 Å². The quantitative estimate of drug-likeness (QED) is 0.0261. The summed E-state index contributed by atoms with van der Waals surface area (Å²) in [5.74, 6) is -0.897. The van der Waals surface area contributed by atoms with Crippen molar-refractivity contribution < 1.29 is 28.6 Å². The van der Waals surface area contributed by atoms with Crippen molar-refractivity contribution in [1.29, 1.82) is 0 Å². The van der Waals surface area contributed by atoms with Gasteiger partial charge in [0, 0.05) is 19.3 Å². The third-order valence-electron chi connectivity index (χ3n) is 14.2. The first-order chi connectivity index (χ1) is 39.5. The Balaban J connectivity index is 4.24. The number of allylic oxidation sites excluding steroid dienone is 20. The van der Waals surface area contributed by atoms with Gasteiger partial charge < -0.3 is 14.2 Å². The second-order valence-electron chi connectivity index (χ2n) is 22.0.